The van der Waals surface area contributed by atoms with Crippen LogP contribution in [0, 0.1) is 5.92 Å². The topological polar surface area (TPSA) is 119 Å². The predicted molar refractivity (Wildman–Crippen MR) is 117 cm³/mol. The monoisotopic (exact) mass is 450 g/mol. The lowest BCUT2D eigenvalue weighted by molar-refractivity contribution is -0.155. The van der Waals surface area contributed by atoms with Crippen LogP contribution in [0.4, 0.5) is 0 Å². The number of aromatic amines is 1. The molecule has 1 atom stereocenters. The first-order valence-corrected chi connectivity index (χ1v) is 12.0. The van der Waals surface area contributed by atoms with E-state index in [1.54, 1.807) is 0 Å². The number of esters is 1. The van der Waals surface area contributed by atoms with E-state index in [1.165, 1.54) is 56.8 Å². The second-order valence-corrected chi connectivity index (χ2v) is 10.1. The number of aromatic nitrogens is 5. The number of hydrogen-bond acceptors (Lipinski definition) is 9. The smallest absolute Gasteiger partial charge is 0.307 e. The van der Waals surface area contributed by atoms with E-state index in [4.69, 9.17) is 9.26 Å². The van der Waals surface area contributed by atoms with Crippen molar-refractivity contribution in [3.8, 4) is 0 Å². The Kier molecular flexibility index (Phi) is 8.89. The Morgan fingerprint density at radius 1 is 1.35 bits per heavy atom. The van der Waals surface area contributed by atoms with Crippen LogP contribution in [0.3, 0.4) is 0 Å². The molecule has 2 heterocycles. The number of carbonyl (C=O) groups is 1. The zero-order valence-corrected chi connectivity index (χ0v) is 19.5. The van der Waals surface area contributed by atoms with Crippen LogP contribution >= 0.6 is 11.9 Å². The van der Waals surface area contributed by atoms with Gasteiger partial charge in [-0.1, -0.05) is 50.1 Å². The number of H-pyrrole nitrogens is 1. The maximum absolute atomic E-state index is 12.5. The van der Waals surface area contributed by atoms with Gasteiger partial charge in [-0.2, -0.15) is 10.1 Å². The van der Waals surface area contributed by atoms with Crippen molar-refractivity contribution >= 4 is 17.9 Å². The summed E-state index contributed by atoms with van der Waals surface area (Å²) in [6.45, 7) is 6.05. The maximum Gasteiger partial charge on any atom is 0.307 e. The van der Waals surface area contributed by atoms with Crippen molar-refractivity contribution in [2.45, 2.75) is 102 Å². The molecule has 2 aromatic rings. The van der Waals surface area contributed by atoms with Gasteiger partial charge in [0.05, 0.1) is 13.0 Å². The largest absolute Gasteiger partial charge is 0.460 e. The molecule has 1 aliphatic rings. The van der Waals surface area contributed by atoms with Crippen molar-refractivity contribution in [3.05, 3.63) is 18.0 Å². The average Bonchev–Trinajstić information content (AvgIpc) is 3.39. The normalized spacial score (nSPS) is 16.4. The molecule has 1 fully saturated rings. The minimum atomic E-state index is -0.508. The van der Waals surface area contributed by atoms with Gasteiger partial charge in [-0.05, 0) is 45.1 Å². The molecule has 10 heteroatoms. The van der Waals surface area contributed by atoms with Crippen LogP contribution in [0.2, 0.25) is 0 Å². The molecule has 0 aromatic carbocycles. The molecule has 172 valence electrons. The summed E-state index contributed by atoms with van der Waals surface area (Å²) in [7, 11) is 0. The fourth-order valence-corrected chi connectivity index (χ4v) is 4.48. The minimum absolute atomic E-state index is 0.124. The van der Waals surface area contributed by atoms with Gasteiger partial charge < -0.3 is 9.26 Å². The fourth-order valence-electron chi connectivity index (χ4n) is 3.94. The molecule has 0 bridgehead atoms. The fraction of sp³-hybridized carbons (Fsp3) is 0.762. The third kappa shape index (κ3) is 8.60. The molecule has 1 unspecified atom stereocenters. The van der Waals surface area contributed by atoms with E-state index in [1.807, 2.05) is 20.8 Å². The van der Waals surface area contributed by atoms with E-state index < -0.39 is 5.60 Å². The molecule has 3 rings (SSSR count). The van der Waals surface area contributed by atoms with Crippen LogP contribution in [0.5, 0.6) is 0 Å². The summed E-state index contributed by atoms with van der Waals surface area (Å²) in [6, 6.07) is 0. The highest BCUT2D eigenvalue weighted by molar-refractivity contribution is 7.97. The molecule has 2 aromatic heterocycles. The lowest BCUT2D eigenvalue weighted by Crippen LogP contribution is -2.25. The summed E-state index contributed by atoms with van der Waals surface area (Å²) in [5.41, 5.74) is -0.508. The molecule has 31 heavy (non-hydrogen) atoms. The molecule has 0 amide bonds. The summed E-state index contributed by atoms with van der Waals surface area (Å²) in [5.74, 6) is 1.52. The summed E-state index contributed by atoms with van der Waals surface area (Å²) in [4.78, 5) is 21.0. The van der Waals surface area contributed by atoms with E-state index in [-0.39, 0.29) is 18.3 Å². The van der Waals surface area contributed by atoms with Gasteiger partial charge >= 0.3 is 5.97 Å². The van der Waals surface area contributed by atoms with Gasteiger partial charge in [0.25, 0.3) is 0 Å². The molecular formula is C21H34N6O3S. The molecule has 1 saturated carbocycles. The maximum atomic E-state index is 12.5. The minimum Gasteiger partial charge on any atom is -0.460 e. The lowest BCUT2D eigenvalue weighted by atomic mass is 9.84. The van der Waals surface area contributed by atoms with Crippen LogP contribution in [0.15, 0.2) is 16.0 Å². The molecule has 9 nitrogen and oxygen atoms in total. The van der Waals surface area contributed by atoms with E-state index in [0.29, 0.717) is 23.4 Å². The first-order chi connectivity index (χ1) is 14.9. The van der Waals surface area contributed by atoms with Crippen LogP contribution in [-0.2, 0) is 16.1 Å². The van der Waals surface area contributed by atoms with Gasteiger partial charge in [0, 0.05) is 5.92 Å². The van der Waals surface area contributed by atoms with Gasteiger partial charge in [-0.15, -0.1) is 0 Å². The van der Waals surface area contributed by atoms with E-state index >= 15 is 0 Å². The first kappa shape index (κ1) is 23.7. The van der Waals surface area contributed by atoms with Gasteiger partial charge in [0.2, 0.25) is 5.89 Å². The van der Waals surface area contributed by atoms with Crippen molar-refractivity contribution in [1.29, 1.82) is 0 Å². The number of nitrogens with one attached hydrogen (secondary N) is 2. The van der Waals surface area contributed by atoms with E-state index in [0.717, 1.165) is 18.8 Å². The zero-order valence-electron chi connectivity index (χ0n) is 18.7. The van der Waals surface area contributed by atoms with Crippen LogP contribution in [0.1, 0.15) is 96.2 Å². The van der Waals surface area contributed by atoms with E-state index in [2.05, 4.69) is 30.0 Å². The Labute approximate surface area is 188 Å². The van der Waals surface area contributed by atoms with Crippen LogP contribution < -0.4 is 4.72 Å². The molecular weight excluding hydrogens is 416 g/mol. The summed E-state index contributed by atoms with van der Waals surface area (Å²) >= 11 is 1.31. The molecule has 0 spiro atoms. The van der Waals surface area contributed by atoms with Crippen molar-refractivity contribution in [2.24, 2.45) is 5.92 Å². The third-order valence-electron chi connectivity index (χ3n) is 5.35. The van der Waals surface area contributed by atoms with Crippen LogP contribution in [0.25, 0.3) is 0 Å². The van der Waals surface area contributed by atoms with Crippen LogP contribution in [-0.4, -0.2) is 36.9 Å². The Morgan fingerprint density at radius 3 is 2.87 bits per heavy atom. The number of ether oxygens (including phenoxy) is 1. The van der Waals surface area contributed by atoms with Gasteiger partial charge in [-0.3, -0.25) is 9.89 Å². The standard InChI is InChI=1S/C21H34N6O3S/c1-21(2,3)29-18(28)12-16(11-7-10-15-8-5-4-6-9-15)19-25-17(27-30-19)13-24-31-20-22-14-23-26-20/h14-16,24H,4-13H2,1-3H3,(H,22,23,26). The second-order valence-electron chi connectivity index (χ2n) is 9.19. The number of carbonyl (C=O) groups excluding carboxylic acids is 1. The number of nitrogens with zero attached hydrogens (tertiary/aromatic N) is 4. The highest BCUT2D eigenvalue weighted by Gasteiger charge is 2.26. The SMILES string of the molecule is CC(C)(C)OC(=O)CC(CCCC1CCCCC1)c1nc(CNSc2ncn[nH]2)no1. The van der Waals surface area contributed by atoms with Gasteiger partial charge in [0.1, 0.15) is 11.9 Å². The Hall–Kier alpha value is -1.94. The Bertz CT molecular complexity index is 783. The lowest BCUT2D eigenvalue weighted by Gasteiger charge is -2.23. The highest BCUT2D eigenvalue weighted by Crippen LogP contribution is 2.31. The summed E-state index contributed by atoms with van der Waals surface area (Å²) in [5, 5.41) is 11.3. The second kappa shape index (κ2) is 11.6. The summed E-state index contributed by atoms with van der Waals surface area (Å²) < 4.78 is 14.2. The predicted octanol–water partition coefficient (Wildman–Crippen LogP) is 4.55. The molecule has 0 aliphatic heterocycles. The molecule has 1 aliphatic carbocycles. The van der Waals surface area contributed by atoms with Gasteiger partial charge in [0.15, 0.2) is 11.0 Å². The van der Waals surface area contributed by atoms with Crippen molar-refractivity contribution in [2.75, 3.05) is 0 Å². The van der Waals surface area contributed by atoms with E-state index in [9.17, 15) is 4.79 Å². The first-order valence-electron chi connectivity index (χ1n) is 11.2. The number of rotatable bonds is 11. The van der Waals surface area contributed by atoms with Crippen molar-refractivity contribution in [3.63, 3.8) is 0 Å². The van der Waals surface area contributed by atoms with Crippen molar-refractivity contribution < 1.29 is 14.1 Å². The quantitative estimate of drug-likeness (QED) is 0.375. The molecule has 0 saturated heterocycles. The summed E-state index contributed by atoms with van der Waals surface area (Å²) in [6.07, 6.45) is 11.5. The number of hydrogen-bond donors (Lipinski definition) is 2. The Balaban J connectivity index is 1.55. The zero-order chi connectivity index (χ0) is 22.1. The Morgan fingerprint density at radius 2 is 2.16 bits per heavy atom. The average molecular weight is 451 g/mol. The third-order valence-corrected chi connectivity index (χ3v) is 6.03. The molecule has 0 radical (unpaired) electrons. The highest BCUT2D eigenvalue weighted by atomic mass is 32.2. The van der Waals surface area contributed by atoms with Gasteiger partial charge in [-0.25, -0.2) is 9.71 Å². The molecule has 2 N–H and O–H groups in total. The van der Waals surface area contributed by atoms with Crippen molar-refractivity contribution in [1.82, 2.24) is 30.0 Å².